The van der Waals surface area contributed by atoms with E-state index in [0.29, 0.717) is 0 Å². The Bertz CT molecular complexity index is 973. The standard InChI is InChI=1S/C25H48N6O14/c1-6(33)31-8-2-7(28)14(34)22(20(8)43-23-12(29)17(37)15(35)9(3-26)40-23)45-25-19(39)21(11(5-32)42-25)44-24-13(30)18(38)16(36)10(4-27)41-24/h7-25,32,34-39H,2-5,26-30H2,1H3,(H,31,33)/t7?,8?,9?,10?,11-,12?,13?,14?,15?,16?,17?,18?,19-,20?,21-,22?,23?,24?,25+/m1/s1. The molecule has 45 heavy (non-hydrogen) atoms. The minimum Gasteiger partial charge on any atom is -0.394 e. The predicted molar refractivity (Wildman–Crippen MR) is 148 cm³/mol. The van der Waals surface area contributed by atoms with Crippen molar-refractivity contribution in [2.24, 2.45) is 28.7 Å². The average molecular weight is 657 g/mol. The Kier molecular flexibility index (Phi) is 12.5. The molecule has 19 atom stereocenters. The number of hydrogen-bond donors (Lipinski definition) is 13. The molecule has 20 nitrogen and oxygen atoms in total. The lowest BCUT2D eigenvalue weighted by Crippen LogP contribution is -2.69. The van der Waals surface area contributed by atoms with Gasteiger partial charge in [-0.25, -0.2) is 0 Å². The van der Waals surface area contributed by atoms with Gasteiger partial charge in [-0.2, -0.15) is 0 Å². The van der Waals surface area contributed by atoms with Crippen LogP contribution in [0.4, 0.5) is 0 Å². The van der Waals surface area contributed by atoms with E-state index in [1.165, 1.54) is 6.92 Å². The van der Waals surface area contributed by atoms with Crippen LogP contribution in [-0.2, 0) is 33.2 Å². The van der Waals surface area contributed by atoms with Crippen LogP contribution in [0.25, 0.3) is 0 Å². The summed E-state index contributed by atoms with van der Waals surface area (Å²) < 4.78 is 34.9. The Balaban J connectivity index is 1.56. The van der Waals surface area contributed by atoms with Gasteiger partial charge in [-0.05, 0) is 6.42 Å². The van der Waals surface area contributed by atoms with E-state index in [4.69, 9.17) is 57.1 Å². The molecule has 1 saturated carbocycles. The first kappa shape index (κ1) is 36.6. The predicted octanol–water partition coefficient (Wildman–Crippen LogP) is -8.72. The summed E-state index contributed by atoms with van der Waals surface area (Å²) in [5.74, 6) is -0.474. The van der Waals surface area contributed by atoms with E-state index in [2.05, 4.69) is 5.32 Å². The molecule has 3 aliphatic heterocycles. The third-order valence-electron chi connectivity index (χ3n) is 8.72. The quantitative estimate of drug-likeness (QED) is 0.104. The van der Waals surface area contributed by atoms with Crippen LogP contribution in [0.1, 0.15) is 13.3 Å². The van der Waals surface area contributed by atoms with Crippen LogP contribution in [-0.4, -0.2) is 178 Å². The zero-order chi connectivity index (χ0) is 33.3. The molecule has 1 aliphatic carbocycles. The first-order valence-corrected chi connectivity index (χ1v) is 14.8. The summed E-state index contributed by atoms with van der Waals surface area (Å²) in [5.41, 5.74) is 29.6. The van der Waals surface area contributed by atoms with Gasteiger partial charge in [-0.1, -0.05) is 0 Å². The van der Waals surface area contributed by atoms with Gasteiger partial charge in [0.2, 0.25) is 5.91 Å². The fraction of sp³-hybridized carbons (Fsp3) is 0.960. The highest BCUT2D eigenvalue weighted by Gasteiger charge is 2.55. The molecule has 0 aromatic carbocycles. The van der Waals surface area contributed by atoms with Gasteiger partial charge >= 0.3 is 0 Å². The first-order valence-electron chi connectivity index (χ1n) is 14.8. The smallest absolute Gasteiger partial charge is 0.217 e. The normalized spacial score (nSPS) is 50.8. The summed E-state index contributed by atoms with van der Waals surface area (Å²) in [6, 6.07) is -4.43. The van der Waals surface area contributed by atoms with Crippen molar-refractivity contribution in [2.75, 3.05) is 19.7 Å². The minimum atomic E-state index is -1.66. The van der Waals surface area contributed by atoms with E-state index in [1.54, 1.807) is 0 Å². The Hall–Kier alpha value is -1.25. The van der Waals surface area contributed by atoms with E-state index in [0.717, 1.165) is 0 Å². The van der Waals surface area contributed by atoms with Gasteiger partial charge in [0.15, 0.2) is 18.9 Å². The van der Waals surface area contributed by atoms with Gasteiger partial charge in [0, 0.05) is 26.1 Å². The maximum Gasteiger partial charge on any atom is 0.217 e. The van der Waals surface area contributed by atoms with E-state index < -0.39 is 129 Å². The maximum atomic E-state index is 12.1. The summed E-state index contributed by atoms with van der Waals surface area (Å²) in [6.07, 6.45) is -20.7. The van der Waals surface area contributed by atoms with E-state index in [9.17, 15) is 40.5 Å². The van der Waals surface area contributed by atoms with Crippen molar-refractivity contribution in [1.29, 1.82) is 0 Å². The van der Waals surface area contributed by atoms with Gasteiger partial charge in [0.1, 0.15) is 67.1 Å². The summed E-state index contributed by atoms with van der Waals surface area (Å²) in [6.45, 7) is 0.191. The lowest BCUT2D eigenvalue weighted by Gasteiger charge is -2.48. The van der Waals surface area contributed by atoms with Crippen LogP contribution in [0.3, 0.4) is 0 Å². The number of rotatable bonds is 10. The number of carbonyl (C=O) groups is 1. The van der Waals surface area contributed by atoms with Gasteiger partial charge in [0.25, 0.3) is 0 Å². The summed E-state index contributed by atoms with van der Waals surface area (Å²) in [4.78, 5) is 12.1. The van der Waals surface area contributed by atoms with E-state index in [-0.39, 0.29) is 19.5 Å². The number of amides is 1. The SMILES string of the molecule is CC(=O)NC1CC(N)C(O)C(O[C@@H]2O[C@H](CO)[C@@H](OC3OC(CN)C(O)C(O)C3N)[C@H]2O)C1OC1OC(CN)C(O)C(O)C1N. The molecule has 3 saturated heterocycles. The maximum absolute atomic E-state index is 12.1. The molecule has 0 aromatic heterocycles. The molecule has 1 amide bonds. The molecular weight excluding hydrogens is 608 g/mol. The van der Waals surface area contributed by atoms with Crippen LogP contribution in [0.2, 0.25) is 0 Å². The fourth-order valence-electron chi connectivity index (χ4n) is 6.10. The number of aliphatic hydroxyl groups is 7. The lowest BCUT2D eigenvalue weighted by molar-refractivity contribution is -0.308. The second kappa shape index (κ2) is 15.3. The first-order chi connectivity index (χ1) is 21.2. The van der Waals surface area contributed by atoms with Gasteiger partial charge < -0.3 is 98.2 Å². The second-order valence-electron chi connectivity index (χ2n) is 11.9. The molecule has 0 aromatic rings. The molecule has 0 radical (unpaired) electrons. The van der Waals surface area contributed by atoms with Crippen LogP contribution >= 0.6 is 0 Å². The number of ether oxygens (including phenoxy) is 6. The number of nitrogens with two attached hydrogens (primary N) is 5. The number of hydrogen-bond acceptors (Lipinski definition) is 19. The summed E-state index contributed by atoms with van der Waals surface area (Å²) >= 11 is 0. The molecule has 0 spiro atoms. The molecule has 4 rings (SSSR count). The number of nitrogens with one attached hydrogen (secondary N) is 1. The lowest BCUT2D eigenvalue weighted by atomic mass is 9.83. The van der Waals surface area contributed by atoms with Gasteiger partial charge in [-0.15, -0.1) is 0 Å². The molecular formula is C25H48N6O14. The van der Waals surface area contributed by atoms with Gasteiger partial charge in [0.05, 0.1) is 30.8 Å². The number of carbonyl (C=O) groups excluding carboxylic acids is 1. The van der Waals surface area contributed by atoms with Crippen LogP contribution in [0, 0.1) is 0 Å². The molecule has 0 bridgehead atoms. The van der Waals surface area contributed by atoms with Crippen LogP contribution in [0.15, 0.2) is 0 Å². The molecule has 15 unspecified atom stereocenters. The van der Waals surface area contributed by atoms with Crippen molar-refractivity contribution < 1.29 is 69.0 Å². The topological polar surface area (TPSA) is 356 Å². The molecule has 4 aliphatic rings. The highest BCUT2D eigenvalue weighted by molar-refractivity contribution is 5.73. The van der Waals surface area contributed by atoms with E-state index >= 15 is 0 Å². The average Bonchev–Trinajstić information content (AvgIpc) is 3.30. The van der Waals surface area contributed by atoms with Crippen LogP contribution in [0.5, 0.6) is 0 Å². The third-order valence-corrected chi connectivity index (χ3v) is 8.72. The number of aliphatic hydroxyl groups excluding tert-OH is 7. The Morgan fingerprint density at radius 1 is 0.689 bits per heavy atom. The Morgan fingerprint density at radius 2 is 1.16 bits per heavy atom. The highest BCUT2D eigenvalue weighted by atomic mass is 16.8. The summed E-state index contributed by atoms with van der Waals surface area (Å²) in [7, 11) is 0. The van der Waals surface area contributed by atoms with Crippen molar-refractivity contribution in [1.82, 2.24) is 5.32 Å². The summed E-state index contributed by atoms with van der Waals surface area (Å²) in [5, 5.41) is 76.3. The van der Waals surface area contributed by atoms with Crippen molar-refractivity contribution in [3.05, 3.63) is 0 Å². The Morgan fingerprint density at radius 3 is 1.62 bits per heavy atom. The van der Waals surface area contributed by atoms with E-state index in [1.807, 2.05) is 0 Å². The van der Waals surface area contributed by atoms with Crippen molar-refractivity contribution >= 4 is 5.91 Å². The Labute approximate surface area is 258 Å². The highest BCUT2D eigenvalue weighted by Crippen LogP contribution is 2.34. The third kappa shape index (κ3) is 7.58. The van der Waals surface area contributed by atoms with Crippen molar-refractivity contribution in [3.8, 4) is 0 Å². The zero-order valence-corrected chi connectivity index (χ0v) is 24.7. The molecule has 20 heteroatoms. The monoisotopic (exact) mass is 656 g/mol. The molecule has 3 heterocycles. The van der Waals surface area contributed by atoms with Crippen molar-refractivity contribution in [2.45, 2.75) is 130 Å². The van der Waals surface area contributed by atoms with Gasteiger partial charge in [-0.3, -0.25) is 4.79 Å². The van der Waals surface area contributed by atoms with Crippen molar-refractivity contribution in [3.63, 3.8) is 0 Å². The zero-order valence-electron chi connectivity index (χ0n) is 24.7. The van der Waals surface area contributed by atoms with Crippen LogP contribution < -0.4 is 34.0 Å². The minimum absolute atomic E-state index is 0.00516. The molecule has 4 fully saturated rings. The molecule has 262 valence electrons. The molecule has 18 N–H and O–H groups in total. The fourth-order valence-corrected chi connectivity index (χ4v) is 6.10. The largest absolute Gasteiger partial charge is 0.394 e. The second-order valence-corrected chi connectivity index (χ2v) is 11.9.